The Balaban J connectivity index is 3.26. The van der Waals surface area contributed by atoms with Crippen molar-refractivity contribution >= 4 is 23.3 Å². The third-order valence-electron chi connectivity index (χ3n) is 2.34. The molecule has 0 fully saturated rings. The second kappa shape index (κ2) is 2.94. The van der Waals surface area contributed by atoms with Crippen molar-refractivity contribution in [3.8, 4) is 0 Å². The van der Waals surface area contributed by atoms with Crippen LogP contribution in [0.25, 0.3) is 0 Å². The molecule has 1 aliphatic rings. The summed E-state index contributed by atoms with van der Waals surface area (Å²) in [5, 5.41) is 7.30. The molecule has 1 nitrogen and oxygen atoms in total. The highest BCUT2D eigenvalue weighted by atomic mass is 32.1. The maximum Gasteiger partial charge on any atom is 0.0266 e. The van der Waals surface area contributed by atoms with E-state index in [9.17, 15) is 0 Å². The lowest BCUT2D eigenvalue weighted by molar-refractivity contribution is 0.659. The second-order valence-corrected chi connectivity index (χ2v) is 4.00. The Morgan fingerprint density at radius 3 is 2.42 bits per heavy atom. The summed E-state index contributed by atoms with van der Waals surface area (Å²) in [7, 11) is 0. The fraction of sp³-hybridized carbons (Fsp3) is 0.400. The number of rotatable bonds is 1. The SMILES string of the molecule is CC1=C(C=N)C(C)(C)C(=S)C=C1. The summed E-state index contributed by atoms with van der Waals surface area (Å²) in [4.78, 5) is 0.909. The van der Waals surface area contributed by atoms with E-state index in [1.54, 1.807) is 0 Å². The van der Waals surface area contributed by atoms with Gasteiger partial charge in [0.05, 0.1) is 0 Å². The van der Waals surface area contributed by atoms with Crippen LogP contribution in [0.1, 0.15) is 20.8 Å². The summed E-state index contributed by atoms with van der Waals surface area (Å²) < 4.78 is 0. The van der Waals surface area contributed by atoms with Crippen LogP contribution in [0, 0.1) is 10.8 Å². The summed E-state index contributed by atoms with van der Waals surface area (Å²) in [5.74, 6) is 0. The third kappa shape index (κ3) is 1.27. The van der Waals surface area contributed by atoms with E-state index in [1.807, 2.05) is 19.1 Å². The second-order valence-electron chi connectivity index (χ2n) is 3.56. The Bertz CT molecular complexity index is 295. The van der Waals surface area contributed by atoms with Gasteiger partial charge in [0.15, 0.2) is 0 Å². The van der Waals surface area contributed by atoms with Crippen molar-refractivity contribution in [1.82, 2.24) is 0 Å². The molecule has 0 atom stereocenters. The number of hydrogen-bond acceptors (Lipinski definition) is 2. The molecule has 0 unspecified atom stereocenters. The van der Waals surface area contributed by atoms with E-state index >= 15 is 0 Å². The van der Waals surface area contributed by atoms with Gasteiger partial charge in [0.1, 0.15) is 0 Å². The average molecular weight is 179 g/mol. The molecule has 0 saturated heterocycles. The van der Waals surface area contributed by atoms with Gasteiger partial charge in [-0.05, 0) is 24.1 Å². The van der Waals surface area contributed by atoms with Crippen LogP contribution >= 0.6 is 12.2 Å². The van der Waals surface area contributed by atoms with Crippen LogP contribution in [0.4, 0.5) is 0 Å². The smallest absolute Gasteiger partial charge is 0.0266 e. The van der Waals surface area contributed by atoms with Crippen LogP contribution in [0.2, 0.25) is 0 Å². The Kier molecular flexibility index (Phi) is 2.29. The highest BCUT2D eigenvalue weighted by molar-refractivity contribution is 7.80. The molecule has 1 rings (SSSR count). The molecule has 0 radical (unpaired) electrons. The van der Waals surface area contributed by atoms with E-state index in [0.717, 1.165) is 16.0 Å². The van der Waals surface area contributed by atoms with Gasteiger partial charge in [0.25, 0.3) is 0 Å². The minimum Gasteiger partial charge on any atom is -0.308 e. The van der Waals surface area contributed by atoms with Gasteiger partial charge in [-0.15, -0.1) is 0 Å². The van der Waals surface area contributed by atoms with Gasteiger partial charge < -0.3 is 5.41 Å². The standard InChI is InChI=1S/C10H13NS/c1-7-4-5-9(12)10(2,3)8(7)6-11/h4-6,11H,1-3H3. The number of thiocarbonyl (C=S) groups is 1. The minimum atomic E-state index is -0.143. The lowest BCUT2D eigenvalue weighted by atomic mass is 9.76. The van der Waals surface area contributed by atoms with Crippen molar-refractivity contribution in [3.63, 3.8) is 0 Å². The summed E-state index contributed by atoms with van der Waals surface area (Å²) in [5.41, 5.74) is 2.02. The first-order valence-corrected chi connectivity index (χ1v) is 4.35. The van der Waals surface area contributed by atoms with Crippen LogP contribution in [-0.2, 0) is 0 Å². The van der Waals surface area contributed by atoms with Crippen molar-refractivity contribution in [2.24, 2.45) is 5.41 Å². The average Bonchev–Trinajstić information content (AvgIpc) is 1.98. The number of allylic oxidation sites excluding steroid dienone is 4. The fourth-order valence-corrected chi connectivity index (χ4v) is 1.60. The van der Waals surface area contributed by atoms with Gasteiger partial charge in [0.2, 0.25) is 0 Å². The van der Waals surface area contributed by atoms with Gasteiger partial charge in [0, 0.05) is 16.5 Å². The molecule has 0 heterocycles. The van der Waals surface area contributed by atoms with Gasteiger partial charge >= 0.3 is 0 Å². The molecule has 1 aliphatic carbocycles. The van der Waals surface area contributed by atoms with Crippen LogP contribution in [0.3, 0.4) is 0 Å². The van der Waals surface area contributed by atoms with Gasteiger partial charge in [-0.3, -0.25) is 0 Å². The van der Waals surface area contributed by atoms with Crippen molar-refractivity contribution < 1.29 is 0 Å². The zero-order valence-corrected chi connectivity index (χ0v) is 8.46. The topological polar surface area (TPSA) is 23.9 Å². The minimum absolute atomic E-state index is 0.143. The molecule has 0 amide bonds. The first-order chi connectivity index (χ1) is 5.50. The van der Waals surface area contributed by atoms with Crippen molar-refractivity contribution in [2.75, 3.05) is 0 Å². The Hall–Kier alpha value is -0.760. The molecule has 0 aromatic heterocycles. The molecular formula is C10H13NS. The fourth-order valence-electron chi connectivity index (χ4n) is 1.42. The van der Waals surface area contributed by atoms with Crippen molar-refractivity contribution in [2.45, 2.75) is 20.8 Å². The maximum atomic E-state index is 7.30. The molecule has 0 bridgehead atoms. The largest absolute Gasteiger partial charge is 0.308 e. The Morgan fingerprint density at radius 2 is 2.00 bits per heavy atom. The molecule has 0 aromatic rings. The highest BCUT2D eigenvalue weighted by Gasteiger charge is 2.28. The third-order valence-corrected chi connectivity index (χ3v) is 2.99. The summed E-state index contributed by atoms with van der Waals surface area (Å²) in [6, 6.07) is 0. The summed E-state index contributed by atoms with van der Waals surface area (Å²) in [6.45, 7) is 6.13. The molecule has 12 heavy (non-hydrogen) atoms. The van der Waals surface area contributed by atoms with Crippen LogP contribution < -0.4 is 0 Å². The van der Waals surface area contributed by atoms with E-state index in [2.05, 4.69) is 13.8 Å². The molecule has 0 aliphatic heterocycles. The zero-order valence-electron chi connectivity index (χ0n) is 7.64. The van der Waals surface area contributed by atoms with Crippen molar-refractivity contribution in [1.29, 1.82) is 5.41 Å². The van der Waals surface area contributed by atoms with E-state index in [-0.39, 0.29) is 5.41 Å². The molecular weight excluding hydrogens is 166 g/mol. The lowest BCUT2D eigenvalue weighted by Gasteiger charge is -2.29. The molecule has 0 spiro atoms. The van der Waals surface area contributed by atoms with Gasteiger partial charge in [-0.2, -0.15) is 0 Å². The Labute approximate surface area is 78.7 Å². The number of nitrogens with one attached hydrogen (secondary N) is 1. The molecule has 64 valence electrons. The first kappa shape index (κ1) is 9.33. The van der Waals surface area contributed by atoms with Gasteiger partial charge in [-0.1, -0.05) is 32.1 Å². The lowest BCUT2D eigenvalue weighted by Crippen LogP contribution is -2.27. The molecule has 0 aromatic carbocycles. The van der Waals surface area contributed by atoms with Gasteiger partial charge in [-0.25, -0.2) is 0 Å². The van der Waals surface area contributed by atoms with E-state index in [1.165, 1.54) is 6.21 Å². The zero-order chi connectivity index (χ0) is 9.35. The van der Waals surface area contributed by atoms with Crippen LogP contribution in [0.5, 0.6) is 0 Å². The number of hydrogen-bond donors (Lipinski definition) is 1. The summed E-state index contributed by atoms with van der Waals surface area (Å²) in [6.07, 6.45) is 5.34. The predicted octanol–water partition coefficient (Wildman–Crippen LogP) is 2.92. The van der Waals surface area contributed by atoms with Crippen LogP contribution in [-0.4, -0.2) is 11.1 Å². The summed E-state index contributed by atoms with van der Waals surface area (Å²) >= 11 is 5.21. The van der Waals surface area contributed by atoms with E-state index < -0.39 is 0 Å². The Morgan fingerprint density at radius 1 is 1.42 bits per heavy atom. The quantitative estimate of drug-likeness (QED) is 0.485. The molecule has 0 saturated carbocycles. The van der Waals surface area contributed by atoms with Crippen molar-refractivity contribution in [3.05, 3.63) is 23.3 Å². The van der Waals surface area contributed by atoms with Crippen LogP contribution in [0.15, 0.2) is 23.3 Å². The predicted molar refractivity (Wildman–Crippen MR) is 57.0 cm³/mol. The molecule has 2 heteroatoms. The normalized spacial score (nSPS) is 21.4. The maximum absolute atomic E-state index is 7.30. The first-order valence-electron chi connectivity index (χ1n) is 3.94. The van der Waals surface area contributed by atoms with E-state index in [0.29, 0.717) is 0 Å². The highest BCUT2D eigenvalue weighted by Crippen LogP contribution is 2.33. The molecule has 1 N–H and O–H groups in total. The monoisotopic (exact) mass is 179 g/mol. The van der Waals surface area contributed by atoms with E-state index in [4.69, 9.17) is 17.6 Å².